The van der Waals surface area contributed by atoms with Crippen molar-refractivity contribution >= 4 is 29.0 Å². The normalized spacial score (nSPS) is 18.9. The zero-order valence-corrected chi connectivity index (χ0v) is 11.0. The van der Waals surface area contributed by atoms with Gasteiger partial charge in [-0.05, 0) is 31.0 Å². The highest BCUT2D eigenvalue weighted by atomic mass is 32.2. The van der Waals surface area contributed by atoms with E-state index in [9.17, 15) is 4.79 Å². The first kappa shape index (κ1) is 11.9. The first-order chi connectivity index (χ1) is 8.74. The third kappa shape index (κ3) is 2.47. The molecular weight excluding hydrogens is 246 g/mol. The average Bonchev–Trinajstić information content (AvgIpc) is 3.16. The van der Waals surface area contributed by atoms with E-state index in [-0.39, 0.29) is 5.91 Å². The van der Waals surface area contributed by atoms with E-state index in [0.29, 0.717) is 17.5 Å². The minimum absolute atomic E-state index is 0.177. The van der Waals surface area contributed by atoms with Gasteiger partial charge >= 0.3 is 0 Å². The summed E-state index contributed by atoms with van der Waals surface area (Å²) in [5.41, 5.74) is 7.49. The summed E-state index contributed by atoms with van der Waals surface area (Å²) in [5, 5.41) is 3.44. The summed E-state index contributed by atoms with van der Waals surface area (Å²) in [4.78, 5) is 15.0. The highest BCUT2D eigenvalue weighted by Crippen LogP contribution is 2.36. The average molecular weight is 263 g/mol. The van der Waals surface area contributed by atoms with Crippen LogP contribution in [0.2, 0.25) is 0 Å². The van der Waals surface area contributed by atoms with Crippen molar-refractivity contribution in [1.29, 1.82) is 0 Å². The minimum Gasteiger partial charge on any atom is -0.399 e. The van der Waals surface area contributed by atoms with Gasteiger partial charge in [0.05, 0.1) is 11.4 Å². The van der Waals surface area contributed by atoms with Crippen LogP contribution in [-0.4, -0.2) is 30.8 Å². The van der Waals surface area contributed by atoms with Gasteiger partial charge in [0.15, 0.2) is 0 Å². The van der Waals surface area contributed by atoms with Gasteiger partial charge in [0.2, 0.25) is 5.91 Å². The molecule has 1 aliphatic heterocycles. The first-order valence-electron chi connectivity index (χ1n) is 6.30. The highest BCUT2D eigenvalue weighted by molar-refractivity contribution is 8.00. The number of thioether (sulfide) groups is 1. The Hall–Kier alpha value is -1.20. The molecule has 1 amide bonds. The van der Waals surface area contributed by atoms with Crippen molar-refractivity contribution in [2.75, 3.05) is 29.5 Å². The molecule has 0 radical (unpaired) electrons. The molecule has 0 saturated heterocycles. The Balaban J connectivity index is 1.74. The maximum atomic E-state index is 12.0. The Morgan fingerprint density at radius 1 is 1.44 bits per heavy atom. The second-order valence-corrected chi connectivity index (χ2v) is 5.81. The molecule has 0 bridgehead atoms. The molecule has 0 aromatic heterocycles. The maximum absolute atomic E-state index is 12.0. The summed E-state index contributed by atoms with van der Waals surface area (Å²) in [7, 11) is 0. The van der Waals surface area contributed by atoms with Gasteiger partial charge in [-0.15, -0.1) is 11.8 Å². The summed E-state index contributed by atoms with van der Waals surface area (Å²) in [5.74, 6) is 0.705. The zero-order valence-electron chi connectivity index (χ0n) is 10.2. The number of nitrogens with two attached hydrogens (primary N) is 1. The Bertz CT molecular complexity index is 473. The lowest BCUT2D eigenvalue weighted by atomic mass is 10.2. The molecule has 3 rings (SSSR count). The topological polar surface area (TPSA) is 58.4 Å². The summed E-state index contributed by atoms with van der Waals surface area (Å²) < 4.78 is 0. The van der Waals surface area contributed by atoms with Crippen LogP contribution in [0.5, 0.6) is 0 Å². The molecule has 5 heteroatoms. The SMILES string of the molecule is Nc1ccc2c(c1)N(CCNC1CC1)C(=O)CS2. The van der Waals surface area contributed by atoms with Gasteiger partial charge < -0.3 is 16.0 Å². The van der Waals surface area contributed by atoms with E-state index in [1.165, 1.54) is 12.8 Å². The number of anilines is 2. The smallest absolute Gasteiger partial charge is 0.237 e. The number of hydrogen-bond acceptors (Lipinski definition) is 4. The molecule has 3 N–H and O–H groups in total. The van der Waals surface area contributed by atoms with Gasteiger partial charge in [0.1, 0.15) is 0 Å². The molecule has 1 fully saturated rings. The summed E-state index contributed by atoms with van der Waals surface area (Å²) in [6, 6.07) is 6.47. The van der Waals surface area contributed by atoms with Crippen molar-refractivity contribution in [3.8, 4) is 0 Å². The lowest BCUT2D eigenvalue weighted by Gasteiger charge is -2.29. The van der Waals surface area contributed by atoms with Crippen molar-refractivity contribution in [2.45, 2.75) is 23.8 Å². The lowest BCUT2D eigenvalue weighted by molar-refractivity contribution is -0.116. The van der Waals surface area contributed by atoms with Crippen LogP contribution < -0.4 is 16.0 Å². The number of fused-ring (bicyclic) bond motifs is 1. The van der Waals surface area contributed by atoms with Crippen LogP contribution in [0, 0.1) is 0 Å². The van der Waals surface area contributed by atoms with Crippen LogP contribution in [0.4, 0.5) is 11.4 Å². The zero-order chi connectivity index (χ0) is 12.5. The standard InChI is InChI=1S/C13H17N3OS/c14-9-1-4-12-11(7-9)16(13(17)8-18-12)6-5-15-10-2-3-10/h1,4,7,10,15H,2-3,5-6,8,14H2. The van der Waals surface area contributed by atoms with Gasteiger partial charge in [-0.1, -0.05) is 0 Å². The van der Waals surface area contributed by atoms with Crippen LogP contribution in [-0.2, 0) is 4.79 Å². The Morgan fingerprint density at radius 2 is 2.28 bits per heavy atom. The quantitative estimate of drug-likeness (QED) is 0.808. The third-order valence-electron chi connectivity index (χ3n) is 3.27. The number of carbonyl (C=O) groups is 1. The number of hydrogen-bond donors (Lipinski definition) is 2. The minimum atomic E-state index is 0.177. The number of nitrogen functional groups attached to an aromatic ring is 1. The number of benzene rings is 1. The number of amides is 1. The Kier molecular flexibility index (Phi) is 3.18. The second-order valence-electron chi connectivity index (χ2n) is 4.79. The third-order valence-corrected chi connectivity index (χ3v) is 4.32. The Labute approximate surface area is 111 Å². The molecule has 1 aromatic rings. The number of rotatable bonds is 4. The number of carbonyl (C=O) groups excluding carboxylic acids is 1. The van der Waals surface area contributed by atoms with Crippen molar-refractivity contribution in [1.82, 2.24) is 5.32 Å². The molecule has 4 nitrogen and oxygen atoms in total. The van der Waals surface area contributed by atoms with Crippen LogP contribution in [0.1, 0.15) is 12.8 Å². The molecule has 2 aliphatic rings. The molecule has 1 aliphatic carbocycles. The maximum Gasteiger partial charge on any atom is 0.237 e. The predicted octanol–water partition coefficient (Wildman–Crippen LogP) is 1.46. The van der Waals surface area contributed by atoms with Gasteiger partial charge in [0.25, 0.3) is 0 Å². The second kappa shape index (κ2) is 4.82. The van der Waals surface area contributed by atoms with E-state index in [2.05, 4.69) is 5.32 Å². The fourth-order valence-electron chi connectivity index (χ4n) is 2.13. The van der Waals surface area contributed by atoms with Crippen molar-refractivity contribution in [2.24, 2.45) is 0 Å². The highest BCUT2D eigenvalue weighted by Gasteiger charge is 2.25. The van der Waals surface area contributed by atoms with E-state index in [4.69, 9.17) is 5.73 Å². The van der Waals surface area contributed by atoms with Gasteiger partial charge in [-0.3, -0.25) is 4.79 Å². The monoisotopic (exact) mass is 263 g/mol. The predicted molar refractivity (Wildman–Crippen MR) is 75.0 cm³/mol. The van der Waals surface area contributed by atoms with E-state index in [1.54, 1.807) is 11.8 Å². The van der Waals surface area contributed by atoms with Gasteiger partial charge in [-0.25, -0.2) is 0 Å². The molecule has 0 atom stereocenters. The van der Waals surface area contributed by atoms with Gasteiger partial charge in [-0.2, -0.15) is 0 Å². The van der Waals surface area contributed by atoms with Crippen molar-refractivity contribution in [3.63, 3.8) is 0 Å². The fraction of sp³-hybridized carbons (Fsp3) is 0.462. The van der Waals surface area contributed by atoms with E-state index in [0.717, 1.165) is 23.7 Å². The molecule has 1 aromatic carbocycles. The Morgan fingerprint density at radius 3 is 3.06 bits per heavy atom. The van der Waals surface area contributed by atoms with Crippen LogP contribution in [0.15, 0.2) is 23.1 Å². The number of nitrogens with zero attached hydrogens (tertiary/aromatic N) is 1. The molecule has 0 spiro atoms. The molecule has 96 valence electrons. The van der Waals surface area contributed by atoms with Crippen LogP contribution in [0.3, 0.4) is 0 Å². The lowest BCUT2D eigenvalue weighted by Crippen LogP contribution is -2.40. The summed E-state index contributed by atoms with van der Waals surface area (Å²) in [6.45, 7) is 1.58. The van der Waals surface area contributed by atoms with E-state index in [1.807, 2.05) is 23.1 Å². The summed E-state index contributed by atoms with van der Waals surface area (Å²) in [6.07, 6.45) is 2.54. The van der Waals surface area contributed by atoms with Gasteiger partial charge in [0, 0.05) is 29.7 Å². The fourth-order valence-corrected chi connectivity index (χ4v) is 3.05. The molecule has 1 heterocycles. The number of nitrogens with one attached hydrogen (secondary N) is 1. The summed E-state index contributed by atoms with van der Waals surface area (Å²) >= 11 is 1.59. The van der Waals surface area contributed by atoms with Crippen molar-refractivity contribution in [3.05, 3.63) is 18.2 Å². The van der Waals surface area contributed by atoms with Crippen molar-refractivity contribution < 1.29 is 4.79 Å². The molecule has 0 unspecified atom stereocenters. The largest absolute Gasteiger partial charge is 0.399 e. The van der Waals surface area contributed by atoms with E-state index < -0.39 is 0 Å². The molecular formula is C13H17N3OS. The molecule has 18 heavy (non-hydrogen) atoms. The van der Waals surface area contributed by atoms with Crippen LogP contribution in [0.25, 0.3) is 0 Å². The van der Waals surface area contributed by atoms with E-state index >= 15 is 0 Å². The first-order valence-corrected chi connectivity index (χ1v) is 7.28. The van der Waals surface area contributed by atoms with Crippen LogP contribution >= 0.6 is 11.8 Å². The molecule has 1 saturated carbocycles.